The molecule has 0 spiro atoms. The summed E-state index contributed by atoms with van der Waals surface area (Å²) >= 11 is 1.73. The van der Waals surface area contributed by atoms with Gasteiger partial charge in [0, 0.05) is 29.6 Å². The van der Waals surface area contributed by atoms with Crippen LogP contribution < -0.4 is 10.6 Å². The molecule has 0 bridgehead atoms. The normalized spacial score (nSPS) is 10.5. The Bertz CT molecular complexity index is 851. The quantitative estimate of drug-likeness (QED) is 0.724. The zero-order valence-corrected chi connectivity index (χ0v) is 14.3. The second kappa shape index (κ2) is 7.84. The van der Waals surface area contributed by atoms with E-state index < -0.39 is 0 Å². The van der Waals surface area contributed by atoms with E-state index in [1.165, 1.54) is 0 Å². The number of thioether (sulfide) groups is 1. The molecule has 0 saturated heterocycles. The van der Waals surface area contributed by atoms with E-state index in [2.05, 4.69) is 15.6 Å². The van der Waals surface area contributed by atoms with E-state index in [1.807, 2.05) is 60.9 Å². The molecule has 24 heavy (non-hydrogen) atoms. The Hall–Kier alpha value is -2.53. The number of carbonyl (C=O) groups excluding carboxylic acids is 1. The minimum atomic E-state index is -0.199. The molecule has 0 saturated carbocycles. The van der Waals surface area contributed by atoms with Gasteiger partial charge in [-0.3, -0.25) is 4.98 Å². The lowest BCUT2D eigenvalue weighted by Crippen LogP contribution is -2.28. The number of para-hydroxylation sites is 1. The number of benzene rings is 2. The lowest BCUT2D eigenvalue weighted by Gasteiger charge is -2.11. The first kappa shape index (κ1) is 16.3. The maximum atomic E-state index is 12.2. The Morgan fingerprint density at radius 1 is 1.12 bits per heavy atom. The van der Waals surface area contributed by atoms with Crippen LogP contribution in [-0.2, 0) is 12.3 Å². The second-order valence-corrected chi connectivity index (χ2v) is 6.29. The topological polar surface area (TPSA) is 54.0 Å². The van der Waals surface area contributed by atoms with Crippen molar-refractivity contribution in [3.63, 3.8) is 0 Å². The third-order valence-corrected chi connectivity index (χ3v) is 4.29. The van der Waals surface area contributed by atoms with Crippen LogP contribution >= 0.6 is 11.8 Å². The van der Waals surface area contributed by atoms with Crippen molar-refractivity contribution in [2.24, 2.45) is 0 Å². The fourth-order valence-electron chi connectivity index (χ4n) is 2.51. The molecule has 122 valence electrons. The van der Waals surface area contributed by atoms with Crippen molar-refractivity contribution in [2.75, 3.05) is 11.6 Å². The maximum Gasteiger partial charge on any atom is 0.319 e. The molecule has 0 radical (unpaired) electrons. The molecular weight excluding hydrogens is 318 g/mol. The number of carbonyl (C=O) groups is 1. The molecule has 3 aromatic rings. The van der Waals surface area contributed by atoms with Crippen molar-refractivity contribution in [3.8, 4) is 0 Å². The van der Waals surface area contributed by atoms with Crippen molar-refractivity contribution in [2.45, 2.75) is 12.3 Å². The summed E-state index contributed by atoms with van der Waals surface area (Å²) in [4.78, 5) is 16.5. The van der Waals surface area contributed by atoms with Gasteiger partial charge in [0.25, 0.3) is 0 Å². The van der Waals surface area contributed by atoms with Crippen LogP contribution in [0.3, 0.4) is 0 Å². The number of hydrogen-bond acceptors (Lipinski definition) is 3. The SMILES string of the molecule is CSCc1ccccc1NC(=O)NCc1ccc2ncccc2c1. The molecule has 2 aromatic carbocycles. The molecule has 2 N–H and O–H groups in total. The van der Waals surface area contributed by atoms with Crippen molar-refractivity contribution in [1.29, 1.82) is 0 Å². The highest BCUT2D eigenvalue weighted by Crippen LogP contribution is 2.19. The maximum absolute atomic E-state index is 12.2. The standard InChI is InChI=1S/C19H19N3OS/c1-24-13-16-5-2-3-7-18(16)22-19(23)21-12-14-8-9-17-15(11-14)6-4-10-20-17/h2-11H,12-13H2,1H3,(H2,21,22,23). The summed E-state index contributed by atoms with van der Waals surface area (Å²) in [6.07, 6.45) is 3.82. The minimum absolute atomic E-state index is 0.199. The van der Waals surface area contributed by atoms with Gasteiger partial charge in [-0.25, -0.2) is 4.79 Å². The number of nitrogens with one attached hydrogen (secondary N) is 2. The van der Waals surface area contributed by atoms with Gasteiger partial charge in [0.1, 0.15) is 0 Å². The van der Waals surface area contributed by atoms with Gasteiger partial charge in [-0.05, 0) is 41.6 Å². The van der Waals surface area contributed by atoms with Crippen molar-refractivity contribution in [1.82, 2.24) is 10.3 Å². The van der Waals surface area contributed by atoms with Gasteiger partial charge in [0.05, 0.1) is 5.52 Å². The van der Waals surface area contributed by atoms with E-state index in [9.17, 15) is 4.79 Å². The second-order valence-electron chi connectivity index (χ2n) is 5.43. The molecule has 5 heteroatoms. The van der Waals surface area contributed by atoms with Crippen LogP contribution in [-0.4, -0.2) is 17.3 Å². The first-order valence-corrected chi connectivity index (χ1v) is 9.11. The van der Waals surface area contributed by atoms with Crippen LogP contribution in [0.2, 0.25) is 0 Å². The summed E-state index contributed by atoms with van der Waals surface area (Å²) in [5, 5.41) is 6.90. The van der Waals surface area contributed by atoms with Crippen LogP contribution in [0, 0.1) is 0 Å². The number of aromatic nitrogens is 1. The highest BCUT2D eigenvalue weighted by Gasteiger charge is 2.06. The third-order valence-electron chi connectivity index (χ3n) is 3.69. The van der Waals surface area contributed by atoms with Crippen LogP contribution in [0.15, 0.2) is 60.8 Å². The van der Waals surface area contributed by atoms with Gasteiger partial charge >= 0.3 is 6.03 Å². The third kappa shape index (κ3) is 4.06. The highest BCUT2D eigenvalue weighted by atomic mass is 32.2. The molecule has 0 atom stereocenters. The molecular formula is C19H19N3OS. The van der Waals surface area contributed by atoms with E-state index in [-0.39, 0.29) is 6.03 Å². The number of fused-ring (bicyclic) bond motifs is 1. The molecule has 4 nitrogen and oxygen atoms in total. The van der Waals surface area contributed by atoms with Crippen LogP contribution in [0.5, 0.6) is 0 Å². The Morgan fingerprint density at radius 3 is 2.88 bits per heavy atom. The van der Waals surface area contributed by atoms with E-state index in [4.69, 9.17) is 0 Å². The first-order chi connectivity index (χ1) is 11.8. The van der Waals surface area contributed by atoms with Crippen molar-refractivity contribution in [3.05, 3.63) is 71.9 Å². The van der Waals surface area contributed by atoms with Gasteiger partial charge in [-0.1, -0.05) is 30.3 Å². The number of hydrogen-bond donors (Lipinski definition) is 2. The summed E-state index contributed by atoms with van der Waals surface area (Å²) in [6.45, 7) is 0.474. The number of urea groups is 1. The minimum Gasteiger partial charge on any atom is -0.334 e. The Morgan fingerprint density at radius 2 is 2.00 bits per heavy atom. The van der Waals surface area contributed by atoms with Gasteiger partial charge in [0.2, 0.25) is 0 Å². The monoisotopic (exact) mass is 337 g/mol. The number of anilines is 1. The van der Waals surface area contributed by atoms with E-state index >= 15 is 0 Å². The van der Waals surface area contributed by atoms with Gasteiger partial charge < -0.3 is 10.6 Å². The summed E-state index contributed by atoms with van der Waals surface area (Å²) in [6, 6.07) is 17.6. The molecule has 3 rings (SSSR count). The lowest BCUT2D eigenvalue weighted by atomic mass is 10.1. The predicted molar refractivity (Wildman–Crippen MR) is 101 cm³/mol. The van der Waals surface area contributed by atoms with E-state index in [0.29, 0.717) is 6.54 Å². The fraction of sp³-hybridized carbons (Fsp3) is 0.158. The Labute approximate surface area is 145 Å². The van der Waals surface area contributed by atoms with Crippen molar-refractivity contribution < 1.29 is 4.79 Å². The van der Waals surface area contributed by atoms with E-state index in [0.717, 1.165) is 33.5 Å². The lowest BCUT2D eigenvalue weighted by molar-refractivity contribution is 0.251. The number of rotatable bonds is 5. The van der Waals surface area contributed by atoms with Gasteiger partial charge in [0.15, 0.2) is 0 Å². The zero-order valence-electron chi connectivity index (χ0n) is 13.5. The fourth-order valence-corrected chi connectivity index (χ4v) is 3.07. The number of amides is 2. The first-order valence-electron chi connectivity index (χ1n) is 7.71. The van der Waals surface area contributed by atoms with Crippen LogP contribution in [0.4, 0.5) is 10.5 Å². The molecule has 0 aliphatic carbocycles. The molecule has 2 amide bonds. The summed E-state index contributed by atoms with van der Waals surface area (Å²) in [5.41, 5.74) is 3.98. The van der Waals surface area contributed by atoms with Gasteiger partial charge in [-0.2, -0.15) is 11.8 Å². The van der Waals surface area contributed by atoms with Crippen LogP contribution in [0.25, 0.3) is 10.9 Å². The van der Waals surface area contributed by atoms with E-state index in [1.54, 1.807) is 18.0 Å². The summed E-state index contributed by atoms with van der Waals surface area (Å²) < 4.78 is 0. The predicted octanol–water partition coefficient (Wildman–Crippen LogP) is 4.42. The smallest absolute Gasteiger partial charge is 0.319 e. The Kier molecular flexibility index (Phi) is 5.33. The largest absolute Gasteiger partial charge is 0.334 e. The molecule has 1 heterocycles. The van der Waals surface area contributed by atoms with Crippen LogP contribution in [0.1, 0.15) is 11.1 Å². The van der Waals surface area contributed by atoms with Crippen molar-refractivity contribution >= 4 is 34.4 Å². The summed E-state index contributed by atoms with van der Waals surface area (Å²) in [5.74, 6) is 0.869. The zero-order chi connectivity index (χ0) is 16.8. The molecule has 0 aliphatic rings. The van der Waals surface area contributed by atoms with Gasteiger partial charge in [-0.15, -0.1) is 0 Å². The molecule has 0 fully saturated rings. The molecule has 0 aliphatic heterocycles. The Balaban J connectivity index is 1.62. The average Bonchev–Trinajstić information content (AvgIpc) is 2.62. The summed E-state index contributed by atoms with van der Waals surface area (Å²) in [7, 11) is 0. The number of nitrogens with zero attached hydrogens (tertiary/aromatic N) is 1. The number of pyridine rings is 1. The molecule has 0 unspecified atom stereocenters. The highest BCUT2D eigenvalue weighted by molar-refractivity contribution is 7.97. The molecule has 1 aromatic heterocycles. The average molecular weight is 337 g/mol.